The minimum Gasteiger partial charge on any atom is -0.363 e. The Labute approximate surface area is 221 Å². The number of nitrogens with two attached hydrogens (primary N) is 1. The van der Waals surface area contributed by atoms with Gasteiger partial charge in [0.2, 0.25) is 11.7 Å². The summed E-state index contributed by atoms with van der Waals surface area (Å²) >= 11 is 0. The van der Waals surface area contributed by atoms with Gasteiger partial charge in [-0.25, -0.2) is 4.79 Å². The smallest absolute Gasteiger partial charge is 0.315 e. The molecular weight excluding hydrogens is 472 g/mol. The highest BCUT2D eigenvalue weighted by atomic mass is 16.2. The zero-order valence-corrected chi connectivity index (χ0v) is 23.8. The molecular formula is C28H46N4O5. The lowest BCUT2D eigenvalue weighted by atomic mass is 9.76. The minimum atomic E-state index is -1.01. The van der Waals surface area contributed by atoms with Gasteiger partial charge in [-0.05, 0) is 55.8 Å². The van der Waals surface area contributed by atoms with E-state index in [1.165, 1.54) is 0 Å². The highest BCUT2D eigenvalue weighted by molar-refractivity contribution is 6.36. The van der Waals surface area contributed by atoms with Gasteiger partial charge in [-0.3, -0.25) is 19.2 Å². The SMILES string of the molecule is CC(C)(C)NC(=O)NC(C(=O)N1CC2C([C@H]1C(=O)CC(CC1CCC1)C(=O)C(N)=O)C2(C)C)C(C)(C)C. The maximum absolute atomic E-state index is 13.9. The van der Waals surface area contributed by atoms with Crippen LogP contribution in [0.5, 0.6) is 0 Å². The molecule has 3 aliphatic rings. The van der Waals surface area contributed by atoms with Gasteiger partial charge in [0, 0.05) is 24.4 Å². The summed E-state index contributed by atoms with van der Waals surface area (Å²) in [6.45, 7) is 15.8. The molecule has 3 fully saturated rings. The number of carbonyl (C=O) groups is 5. The van der Waals surface area contributed by atoms with E-state index in [2.05, 4.69) is 24.5 Å². The first-order chi connectivity index (χ1) is 16.8. The molecule has 0 spiro atoms. The first-order valence-electron chi connectivity index (χ1n) is 13.6. The Morgan fingerprint density at radius 2 is 1.62 bits per heavy atom. The Morgan fingerprint density at radius 3 is 2.08 bits per heavy atom. The van der Waals surface area contributed by atoms with E-state index in [-0.39, 0.29) is 35.4 Å². The fraction of sp³-hybridized carbons (Fsp3) is 0.821. The van der Waals surface area contributed by atoms with Crippen LogP contribution in [-0.2, 0) is 19.2 Å². The molecule has 0 aromatic carbocycles. The van der Waals surface area contributed by atoms with Crippen molar-refractivity contribution in [3.8, 4) is 0 Å². The van der Waals surface area contributed by atoms with Crippen molar-refractivity contribution in [3.63, 3.8) is 0 Å². The first-order valence-corrected chi connectivity index (χ1v) is 13.6. The molecule has 1 saturated heterocycles. The average Bonchev–Trinajstić information content (AvgIpc) is 3.06. The lowest BCUT2D eigenvalue weighted by molar-refractivity contribution is -0.144. The Kier molecular flexibility index (Phi) is 7.89. The number of nitrogens with zero attached hydrogens (tertiary/aromatic N) is 1. The van der Waals surface area contributed by atoms with Crippen molar-refractivity contribution < 1.29 is 24.0 Å². The molecule has 0 aromatic rings. The molecule has 4 unspecified atom stereocenters. The number of amides is 4. The summed E-state index contributed by atoms with van der Waals surface area (Å²) < 4.78 is 0. The minimum absolute atomic E-state index is 0.0130. The Hall–Kier alpha value is -2.45. The number of hydrogen-bond acceptors (Lipinski definition) is 5. The lowest BCUT2D eigenvalue weighted by Crippen LogP contribution is -2.60. The van der Waals surface area contributed by atoms with E-state index in [1.54, 1.807) is 4.90 Å². The van der Waals surface area contributed by atoms with Crippen molar-refractivity contribution in [1.29, 1.82) is 0 Å². The molecule has 2 aliphatic carbocycles. The molecule has 4 N–H and O–H groups in total. The molecule has 37 heavy (non-hydrogen) atoms. The van der Waals surface area contributed by atoms with E-state index in [0.29, 0.717) is 18.9 Å². The maximum atomic E-state index is 13.9. The molecule has 1 heterocycles. The number of carbonyl (C=O) groups excluding carboxylic acids is 5. The first kappa shape index (κ1) is 29.1. The largest absolute Gasteiger partial charge is 0.363 e. The molecule has 2 saturated carbocycles. The molecule has 9 heteroatoms. The quantitative estimate of drug-likeness (QED) is 0.403. The fourth-order valence-electron chi connectivity index (χ4n) is 6.18. The van der Waals surface area contributed by atoms with E-state index < -0.39 is 46.7 Å². The second-order valence-electron chi connectivity index (χ2n) is 14.2. The summed E-state index contributed by atoms with van der Waals surface area (Å²) in [6.07, 6.45) is 3.44. The van der Waals surface area contributed by atoms with E-state index in [1.807, 2.05) is 41.5 Å². The van der Waals surface area contributed by atoms with Crippen molar-refractivity contribution >= 4 is 29.4 Å². The third kappa shape index (κ3) is 6.34. The molecule has 9 nitrogen and oxygen atoms in total. The van der Waals surface area contributed by atoms with Crippen molar-refractivity contribution in [2.45, 2.75) is 105 Å². The molecule has 3 rings (SSSR count). The average molecular weight is 519 g/mol. The predicted octanol–water partition coefficient (Wildman–Crippen LogP) is 2.80. The highest BCUT2D eigenvalue weighted by Gasteiger charge is 2.69. The van der Waals surface area contributed by atoms with Crippen LogP contribution in [0.4, 0.5) is 4.79 Å². The zero-order chi connectivity index (χ0) is 28.1. The third-order valence-electron chi connectivity index (χ3n) is 8.60. The van der Waals surface area contributed by atoms with Crippen LogP contribution in [0, 0.1) is 34.5 Å². The number of urea groups is 1. The molecule has 208 valence electrons. The van der Waals surface area contributed by atoms with Crippen LogP contribution in [0.15, 0.2) is 0 Å². The second-order valence-corrected chi connectivity index (χ2v) is 14.2. The standard InChI is InChI=1S/C28H46N4O5/c1-26(2,3)22(30-25(37)31-27(4,5)6)24(36)32-14-17-19(28(17,7)8)20(32)18(33)13-16(21(34)23(29)35)12-15-10-9-11-15/h15-17,19-20,22H,9-14H2,1-8H3,(H2,29,35)(H2,30,31,37)/t16?,17?,19?,20-,22?/m1/s1. The fourth-order valence-corrected chi connectivity index (χ4v) is 6.18. The van der Waals surface area contributed by atoms with Gasteiger partial charge < -0.3 is 21.3 Å². The molecule has 1 aliphatic heterocycles. The van der Waals surface area contributed by atoms with Crippen LogP contribution in [0.25, 0.3) is 0 Å². The van der Waals surface area contributed by atoms with Gasteiger partial charge in [-0.2, -0.15) is 0 Å². The van der Waals surface area contributed by atoms with Gasteiger partial charge in [0.15, 0.2) is 5.78 Å². The number of likely N-dealkylation sites (tertiary alicyclic amines) is 1. The number of nitrogens with one attached hydrogen (secondary N) is 2. The summed E-state index contributed by atoms with van der Waals surface area (Å²) in [5, 5.41) is 5.69. The monoisotopic (exact) mass is 518 g/mol. The van der Waals surface area contributed by atoms with Crippen molar-refractivity contribution in [3.05, 3.63) is 0 Å². The van der Waals surface area contributed by atoms with Crippen LogP contribution in [-0.4, -0.2) is 58.5 Å². The summed E-state index contributed by atoms with van der Waals surface area (Å²) in [7, 11) is 0. The Morgan fingerprint density at radius 1 is 1.03 bits per heavy atom. The van der Waals surface area contributed by atoms with Crippen molar-refractivity contribution in [2.75, 3.05) is 6.54 Å². The van der Waals surface area contributed by atoms with E-state index in [0.717, 1.165) is 19.3 Å². The van der Waals surface area contributed by atoms with Gasteiger partial charge in [-0.15, -0.1) is 0 Å². The van der Waals surface area contributed by atoms with E-state index >= 15 is 0 Å². The topological polar surface area (TPSA) is 139 Å². The molecule has 4 amide bonds. The highest BCUT2D eigenvalue weighted by Crippen LogP contribution is 2.65. The van der Waals surface area contributed by atoms with Crippen molar-refractivity contribution in [2.24, 2.45) is 40.2 Å². The van der Waals surface area contributed by atoms with Gasteiger partial charge in [-0.1, -0.05) is 53.9 Å². The van der Waals surface area contributed by atoms with Crippen LogP contribution in [0.3, 0.4) is 0 Å². The predicted molar refractivity (Wildman–Crippen MR) is 140 cm³/mol. The number of piperidine rings is 1. The number of fused-ring (bicyclic) bond motifs is 1. The second kappa shape index (κ2) is 10.0. The summed E-state index contributed by atoms with van der Waals surface area (Å²) in [6, 6.07) is -1.97. The van der Waals surface area contributed by atoms with Crippen molar-refractivity contribution in [1.82, 2.24) is 15.5 Å². The van der Waals surface area contributed by atoms with E-state index in [9.17, 15) is 24.0 Å². The maximum Gasteiger partial charge on any atom is 0.315 e. The molecule has 0 aromatic heterocycles. The van der Waals surface area contributed by atoms with Gasteiger partial charge in [0.05, 0.1) is 6.04 Å². The van der Waals surface area contributed by atoms with Gasteiger partial charge >= 0.3 is 6.03 Å². The van der Waals surface area contributed by atoms with Crippen LogP contribution < -0.4 is 16.4 Å². The number of rotatable bonds is 9. The Balaban J connectivity index is 1.83. The van der Waals surface area contributed by atoms with Crippen LogP contribution in [0.2, 0.25) is 0 Å². The van der Waals surface area contributed by atoms with Crippen LogP contribution in [0.1, 0.15) is 87.5 Å². The molecule has 0 radical (unpaired) electrons. The number of primary amides is 1. The summed E-state index contributed by atoms with van der Waals surface area (Å²) in [4.78, 5) is 66.4. The number of ketones is 2. The normalized spacial score (nSPS) is 26.4. The van der Waals surface area contributed by atoms with Gasteiger partial charge in [0.1, 0.15) is 6.04 Å². The van der Waals surface area contributed by atoms with E-state index in [4.69, 9.17) is 5.73 Å². The summed E-state index contributed by atoms with van der Waals surface area (Å²) in [5.41, 5.74) is 4.15. The Bertz CT molecular complexity index is 957. The lowest BCUT2D eigenvalue weighted by Gasteiger charge is -2.38. The summed E-state index contributed by atoms with van der Waals surface area (Å²) in [5.74, 6) is -2.47. The molecule has 0 bridgehead atoms. The molecule has 5 atom stereocenters. The van der Waals surface area contributed by atoms with Crippen LogP contribution >= 0.6 is 0 Å². The van der Waals surface area contributed by atoms with Gasteiger partial charge in [0.25, 0.3) is 5.91 Å². The third-order valence-corrected chi connectivity index (χ3v) is 8.60. The number of hydrogen-bond donors (Lipinski definition) is 3. The zero-order valence-electron chi connectivity index (χ0n) is 23.8. The number of Topliss-reactive ketones (excluding diaryl/α,β-unsaturated/α-hetero) is 2.